The van der Waals surface area contributed by atoms with Crippen LogP contribution in [0.4, 0.5) is 0 Å². The third-order valence-electron chi connectivity index (χ3n) is 4.23. The van der Waals surface area contributed by atoms with E-state index in [1.165, 1.54) is 18.7 Å². The number of rotatable bonds is 5. The molecule has 1 aromatic carbocycles. The normalized spacial score (nSPS) is 22.9. The molecule has 1 fully saturated rings. The summed E-state index contributed by atoms with van der Waals surface area (Å²) in [4.78, 5) is 4.89. The van der Waals surface area contributed by atoms with E-state index in [9.17, 15) is 0 Å². The molecule has 112 valence electrons. The smallest absolute Gasteiger partial charge is 0.0345 e. The summed E-state index contributed by atoms with van der Waals surface area (Å²) in [5, 5.41) is 3.64. The van der Waals surface area contributed by atoms with Crippen LogP contribution in [0.2, 0.25) is 0 Å². The second-order valence-electron chi connectivity index (χ2n) is 6.01. The lowest BCUT2D eigenvalue weighted by Crippen LogP contribution is -2.54. The van der Waals surface area contributed by atoms with E-state index in [4.69, 9.17) is 0 Å². The van der Waals surface area contributed by atoms with Crippen molar-refractivity contribution in [2.45, 2.75) is 18.9 Å². The molecule has 4 heteroatoms. The van der Waals surface area contributed by atoms with E-state index in [-0.39, 0.29) is 0 Å². The van der Waals surface area contributed by atoms with Crippen molar-refractivity contribution < 1.29 is 0 Å². The minimum absolute atomic E-state index is 0.541. The molecule has 1 saturated heterocycles. The van der Waals surface area contributed by atoms with E-state index in [0.717, 1.165) is 24.1 Å². The maximum atomic E-state index is 3.64. The van der Waals surface area contributed by atoms with Gasteiger partial charge in [0.1, 0.15) is 0 Å². The summed E-state index contributed by atoms with van der Waals surface area (Å²) in [6, 6.07) is 9.24. The zero-order chi connectivity index (χ0) is 14.5. The maximum Gasteiger partial charge on any atom is 0.0345 e. The molecular formula is C16H26BrN3. The van der Waals surface area contributed by atoms with Gasteiger partial charge in [-0.1, -0.05) is 35.0 Å². The quantitative estimate of drug-likeness (QED) is 0.888. The number of benzene rings is 1. The average Bonchev–Trinajstić information content (AvgIpc) is 2.42. The highest BCUT2D eigenvalue weighted by Gasteiger charge is 2.21. The minimum Gasteiger partial charge on any atom is -0.315 e. The molecule has 2 atom stereocenters. The van der Waals surface area contributed by atoms with Gasteiger partial charge in [-0.15, -0.1) is 0 Å². The molecule has 3 nitrogen and oxygen atoms in total. The molecule has 0 amide bonds. The molecule has 0 unspecified atom stereocenters. The molecule has 0 aliphatic carbocycles. The standard InChI is InChI=1S/C16H26BrN3/c1-13(14-5-4-6-15(17)9-14)10-18-11-16-12-19(2)7-8-20(16)3/h4-6,9,13,16,18H,7-8,10-12H2,1-3H3/t13-,16+/m1/s1. The van der Waals surface area contributed by atoms with Crippen molar-refractivity contribution in [2.75, 3.05) is 46.8 Å². The first kappa shape index (κ1) is 16.0. The predicted molar refractivity (Wildman–Crippen MR) is 89.3 cm³/mol. The van der Waals surface area contributed by atoms with Crippen LogP contribution in [0, 0.1) is 0 Å². The van der Waals surface area contributed by atoms with Gasteiger partial charge in [0.2, 0.25) is 0 Å². The first-order chi connectivity index (χ1) is 9.56. The van der Waals surface area contributed by atoms with Gasteiger partial charge in [-0.3, -0.25) is 4.90 Å². The lowest BCUT2D eigenvalue weighted by molar-refractivity contribution is 0.113. The molecule has 1 aliphatic heterocycles. The van der Waals surface area contributed by atoms with E-state index in [1.807, 2.05) is 0 Å². The van der Waals surface area contributed by atoms with Gasteiger partial charge < -0.3 is 10.2 Å². The second kappa shape index (κ2) is 7.55. The van der Waals surface area contributed by atoms with Crippen molar-refractivity contribution in [3.8, 4) is 0 Å². The van der Waals surface area contributed by atoms with E-state index < -0.39 is 0 Å². The van der Waals surface area contributed by atoms with E-state index >= 15 is 0 Å². The first-order valence-electron chi connectivity index (χ1n) is 7.41. The number of nitrogens with one attached hydrogen (secondary N) is 1. The molecule has 1 aromatic rings. The van der Waals surface area contributed by atoms with Crippen molar-refractivity contribution in [3.05, 3.63) is 34.3 Å². The van der Waals surface area contributed by atoms with Crippen LogP contribution >= 0.6 is 15.9 Å². The van der Waals surface area contributed by atoms with Crippen molar-refractivity contribution in [3.63, 3.8) is 0 Å². The number of piperazine rings is 1. The van der Waals surface area contributed by atoms with E-state index in [1.54, 1.807) is 0 Å². The average molecular weight is 340 g/mol. The van der Waals surface area contributed by atoms with Gasteiger partial charge >= 0.3 is 0 Å². The summed E-state index contributed by atoms with van der Waals surface area (Å²) in [6.45, 7) is 7.90. The van der Waals surface area contributed by atoms with Crippen LogP contribution in [0.3, 0.4) is 0 Å². The largest absolute Gasteiger partial charge is 0.315 e. The Morgan fingerprint density at radius 2 is 2.15 bits per heavy atom. The summed E-state index contributed by atoms with van der Waals surface area (Å²) in [6.07, 6.45) is 0. The highest BCUT2D eigenvalue weighted by Crippen LogP contribution is 2.19. The molecule has 20 heavy (non-hydrogen) atoms. The molecule has 0 spiro atoms. The van der Waals surface area contributed by atoms with E-state index in [2.05, 4.69) is 76.3 Å². The Bertz CT molecular complexity index is 424. The Hall–Kier alpha value is -0.420. The van der Waals surface area contributed by atoms with Gasteiger partial charge in [0.05, 0.1) is 0 Å². The predicted octanol–water partition coefficient (Wildman–Crippen LogP) is 2.39. The third kappa shape index (κ3) is 4.55. The van der Waals surface area contributed by atoms with Crippen molar-refractivity contribution >= 4 is 15.9 Å². The lowest BCUT2D eigenvalue weighted by atomic mass is 10.0. The first-order valence-corrected chi connectivity index (χ1v) is 8.20. The monoisotopic (exact) mass is 339 g/mol. The zero-order valence-electron chi connectivity index (χ0n) is 12.8. The van der Waals surface area contributed by atoms with Crippen molar-refractivity contribution in [2.24, 2.45) is 0 Å². The van der Waals surface area contributed by atoms with Gasteiger partial charge in [0.15, 0.2) is 0 Å². The number of hydrogen-bond donors (Lipinski definition) is 1. The highest BCUT2D eigenvalue weighted by molar-refractivity contribution is 9.10. The number of likely N-dealkylation sites (N-methyl/N-ethyl adjacent to an activating group) is 2. The van der Waals surface area contributed by atoms with Crippen molar-refractivity contribution in [1.82, 2.24) is 15.1 Å². The molecule has 0 bridgehead atoms. The van der Waals surface area contributed by atoms with E-state index in [0.29, 0.717) is 12.0 Å². The number of halogens is 1. The molecule has 1 aliphatic rings. The number of hydrogen-bond acceptors (Lipinski definition) is 3. The fourth-order valence-electron chi connectivity index (χ4n) is 2.72. The summed E-state index contributed by atoms with van der Waals surface area (Å²) in [5.41, 5.74) is 1.39. The summed E-state index contributed by atoms with van der Waals surface area (Å²) in [7, 11) is 4.45. The summed E-state index contributed by atoms with van der Waals surface area (Å²) < 4.78 is 1.16. The van der Waals surface area contributed by atoms with Gasteiger partial charge in [0, 0.05) is 43.2 Å². The van der Waals surface area contributed by atoms with Crippen LogP contribution < -0.4 is 5.32 Å². The fraction of sp³-hybridized carbons (Fsp3) is 0.625. The van der Waals surface area contributed by atoms with Gasteiger partial charge in [-0.25, -0.2) is 0 Å². The maximum absolute atomic E-state index is 3.64. The van der Waals surface area contributed by atoms with Crippen LogP contribution in [-0.4, -0.2) is 62.7 Å². The SMILES string of the molecule is C[C@H](CNC[C@H]1CN(C)CCN1C)c1cccc(Br)c1. The van der Waals surface area contributed by atoms with Gasteiger partial charge in [0.25, 0.3) is 0 Å². The van der Waals surface area contributed by atoms with Crippen LogP contribution in [-0.2, 0) is 0 Å². The Morgan fingerprint density at radius 3 is 2.90 bits per heavy atom. The number of nitrogens with zero attached hydrogens (tertiary/aromatic N) is 2. The van der Waals surface area contributed by atoms with Crippen molar-refractivity contribution in [1.29, 1.82) is 0 Å². The van der Waals surface area contributed by atoms with Crippen LogP contribution in [0.5, 0.6) is 0 Å². The third-order valence-corrected chi connectivity index (χ3v) is 4.72. The fourth-order valence-corrected chi connectivity index (χ4v) is 3.14. The minimum atomic E-state index is 0.541. The molecule has 0 radical (unpaired) electrons. The van der Waals surface area contributed by atoms with Crippen LogP contribution in [0.15, 0.2) is 28.7 Å². The Kier molecular flexibility index (Phi) is 6.02. The van der Waals surface area contributed by atoms with Gasteiger partial charge in [-0.2, -0.15) is 0 Å². The molecule has 1 heterocycles. The Balaban J connectivity index is 1.77. The molecule has 2 rings (SSSR count). The molecular weight excluding hydrogens is 314 g/mol. The topological polar surface area (TPSA) is 18.5 Å². The van der Waals surface area contributed by atoms with Crippen LogP contribution in [0.25, 0.3) is 0 Å². The summed E-state index contributed by atoms with van der Waals surface area (Å²) in [5.74, 6) is 0.541. The van der Waals surface area contributed by atoms with Crippen LogP contribution in [0.1, 0.15) is 18.4 Å². The lowest BCUT2D eigenvalue weighted by Gasteiger charge is -2.38. The Morgan fingerprint density at radius 1 is 1.35 bits per heavy atom. The summed E-state index contributed by atoms with van der Waals surface area (Å²) >= 11 is 3.54. The zero-order valence-corrected chi connectivity index (χ0v) is 14.4. The molecule has 0 aromatic heterocycles. The highest BCUT2D eigenvalue weighted by atomic mass is 79.9. The van der Waals surface area contributed by atoms with Gasteiger partial charge in [-0.05, 0) is 37.7 Å². The second-order valence-corrected chi connectivity index (χ2v) is 6.93. The molecule has 0 saturated carbocycles. The Labute approximate surface area is 131 Å². The molecule has 1 N–H and O–H groups in total.